The number of nitrogens with zero attached hydrogens (tertiary/aromatic N) is 1. The van der Waals surface area contributed by atoms with Crippen molar-refractivity contribution in [1.29, 1.82) is 0 Å². The predicted molar refractivity (Wildman–Crippen MR) is 103 cm³/mol. The van der Waals surface area contributed by atoms with Crippen molar-refractivity contribution in [2.75, 3.05) is 20.6 Å². The first kappa shape index (κ1) is 23.4. The van der Waals surface area contributed by atoms with Gasteiger partial charge in [-0.15, -0.1) is 0 Å². The van der Waals surface area contributed by atoms with Crippen LogP contribution >= 0.6 is 0 Å². The van der Waals surface area contributed by atoms with E-state index < -0.39 is 28.7 Å². The highest BCUT2D eigenvalue weighted by atomic mass is 32.2. The number of benzene rings is 2. The molecule has 2 amide bonds. The summed E-state index contributed by atoms with van der Waals surface area (Å²) in [5.74, 6) is -1.22. The molecule has 0 fully saturated rings. The van der Waals surface area contributed by atoms with Gasteiger partial charge in [-0.05, 0) is 42.0 Å². The summed E-state index contributed by atoms with van der Waals surface area (Å²) >= 11 is 0. The van der Waals surface area contributed by atoms with Crippen LogP contribution in [0.1, 0.15) is 26.3 Å². The van der Waals surface area contributed by atoms with Crippen LogP contribution in [0.15, 0.2) is 53.4 Å². The van der Waals surface area contributed by atoms with E-state index in [1.807, 2.05) is 0 Å². The fourth-order valence-electron chi connectivity index (χ4n) is 2.49. The molecule has 0 aliphatic rings. The van der Waals surface area contributed by atoms with Crippen molar-refractivity contribution in [3.63, 3.8) is 0 Å². The predicted octanol–water partition coefficient (Wildman–Crippen LogP) is 2.16. The maximum Gasteiger partial charge on any atom is 0.405 e. The van der Waals surface area contributed by atoms with Crippen molar-refractivity contribution in [2.45, 2.75) is 17.6 Å². The summed E-state index contributed by atoms with van der Waals surface area (Å²) in [6, 6.07) is 11.0. The molecule has 2 N–H and O–H groups in total. The number of amides is 2. The number of carbonyl (C=O) groups excluding carboxylic acids is 2. The Morgan fingerprint density at radius 3 is 1.93 bits per heavy atom. The first-order valence-electron chi connectivity index (χ1n) is 8.66. The molecule has 0 saturated heterocycles. The van der Waals surface area contributed by atoms with Crippen LogP contribution in [0.2, 0.25) is 0 Å². The lowest BCUT2D eigenvalue weighted by Crippen LogP contribution is -2.33. The molecule has 11 heteroatoms. The summed E-state index contributed by atoms with van der Waals surface area (Å²) in [6.07, 6.45) is -4.54. The van der Waals surface area contributed by atoms with Gasteiger partial charge in [-0.2, -0.15) is 17.5 Å². The Hall–Kier alpha value is -2.92. The zero-order valence-electron chi connectivity index (χ0n) is 16.2. The molecule has 0 unspecified atom stereocenters. The molecule has 0 aromatic heterocycles. The molecule has 2 rings (SSSR count). The minimum atomic E-state index is -4.54. The highest BCUT2D eigenvalue weighted by molar-refractivity contribution is 7.89. The summed E-state index contributed by atoms with van der Waals surface area (Å²) in [5.41, 5.74) is 0.994. The normalized spacial score (nSPS) is 11.9. The lowest BCUT2D eigenvalue weighted by atomic mass is 10.1. The largest absolute Gasteiger partial charge is 0.405 e. The van der Waals surface area contributed by atoms with E-state index in [1.165, 1.54) is 14.1 Å². The Kier molecular flexibility index (Phi) is 7.21. The summed E-state index contributed by atoms with van der Waals surface area (Å²) in [5, 5.41) is 4.20. The van der Waals surface area contributed by atoms with E-state index in [9.17, 15) is 31.2 Å². The van der Waals surface area contributed by atoms with E-state index in [0.29, 0.717) is 11.1 Å². The lowest BCUT2D eigenvalue weighted by molar-refractivity contribution is -0.123. The molecule has 30 heavy (non-hydrogen) atoms. The highest BCUT2D eigenvalue weighted by Gasteiger charge is 2.28. The van der Waals surface area contributed by atoms with E-state index >= 15 is 0 Å². The van der Waals surface area contributed by atoms with Crippen LogP contribution in [0.25, 0.3) is 0 Å². The number of rotatable bonds is 7. The first-order chi connectivity index (χ1) is 13.9. The van der Waals surface area contributed by atoms with Crippen molar-refractivity contribution in [2.24, 2.45) is 0 Å². The minimum absolute atomic E-state index is 0.0319. The molecule has 0 atom stereocenters. The van der Waals surface area contributed by atoms with Gasteiger partial charge in [-0.3, -0.25) is 9.59 Å². The quantitative estimate of drug-likeness (QED) is 0.686. The van der Waals surface area contributed by atoms with Crippen LogP contribution in [0.5, 0.6) is 0 Å². The molecule has 162 valence electrons. The molecule has 0 spiro atoms. The van der Waals surface area contributed by atoms with Gasteiger partial charge >= 0.3 is 6.18 Å². The zero-order valence-corrected chi connectivity index (χ0v) is 17.0. The van der Waals surface area contributed by atoms with E-state index in [2.05, 4.69) is 5.32 Å². The van der Waals surface area contributed by atoms with Gasteiger partial charge in [0.1, 0.15) is 6.54 Å². The zero-order chi connectivity index (χ0) is 22.5. The maximum absolute atomic E-state index is 12.7. The second kappa shape index (κ2) is 9.26. The number of halogens is 3. The second-order valence-electron chi connectivity index (χ2n) is 6.36. The Labute approximate surface area is 171 Å². The molecule has 0 bridgehead atoms. The summed E-state index contributed by atoms with van der Waals surface area (Å²) in [6.45, 7) is -1.45. The van der Waals surface area contributed by atoms with Crippen molar-refractivity contribution < 1.29 is 31.2 Å². The molecule has 0 aliphatic carbocycles. The molecule has 0 radical (unpaired) electrons. The van der Waals surface area contributed by atoms with Gasteiger partial charge in [0.25, 0.3) is 11.8 Å². The third kappa shape index (κ3) is 6.04. The molecule has 0 aliphatic heterocycles. The Balaban J connectivity index is 2.08. The van der Waals surface area contributed by atoms with Crippen LogP contribution in [0.3, 0.4) is 0 Å². The van der Waals surface area contributed by atoms with E-state index in [0.717, 1.165) is 28.6 Å². The molecule has 7 nitrogen and oxygen atoms in total. The van der Waals surface area contributed by atoms with Crippen LogP contribution in [0.4, 0.5) is 13.2 Å². The molecular formula is C19H20F3N3O4S. The van der Waals surface area contributed by atoms with Gasteiger partial charge in [0.2, 0.25) is 10.0 Å². The maximum atomic E-state index is 12.7. The molecule has 2 aromatic rings. The third-order valence-corrected chi connectivity index (χ3v) is 5.94. The van der Waals surface area contributed by atoms with E-state index in [-0.39, 0.29) is 22.9 Å². The minimum Gasteiger partial charge on any atom is -0.355 e. The number of hydrogen-bond acceptors (Lipinski definition) is 4. The van der Waals surface area contributed by atoms with Gasteiger partial charge in [-0.1, -0.05) is 12.1 Å². The van der Waals surface area contributed by atoms with Crippen LogP contribution in [-0.4, -0.2) is 51.4 Å². The van der Waals surface area contributed by atoms with E-state index in [4.69, 9.17) is 0 Å². The van der Waals surface area contributed by atoms with Crippen molar-refractivity contribution in [3.8, 4) is 0 Å². The first-order valence-corrected chi connectivity index (χ1v) is 10.1. The average Bonchev–Trinajstić information content (AvgIpc) is 2.71. The monoisotopic (exact) mass is 443 g/mol. The number of sulfonamides is 1. The smallest absolute Gasteiger partial charge is 0.355 e. The number of nitrogens with one attached hydrogen (secondary N) is 2. The number of alkyl halides is 3. The van der Waals surface area contributed by atoms with Crippen LogP contribution in [-0.2, 0) is 16.6 Å². The number of carbonyl (C=O) groups is 2. The van der Waals surface area contributed by atoms with Gasteiger partial charge in [0.15, 0.2) is 0 Å². The summed E-state index contributed by atoms with van der Waals surface area (Å²) < 4.78 is 63.0. The fourth-order valence-corrected chi connectivity index (χ4v) is 3.65. The molecule has 0 saturated carbocycles. The standard InChI is InChI=1S/C19H20F3N3O4S/c1-23-17(26)14-5-3-13(4-6-14)11-25(2)30(28,29)16-9-7-15(8-10-16)18(27)24-12-19(20,21)22/h3-10H,11-12H2,1-2H3,(H,23,26)(H,24,27). The Morgan fingerprint density at radius 1 is 0.933 bits per heavy atom. The van der Waals surface area contributed by atoms with Gasteiger partial charge in [-0.25, -0.2) is 8.42 Å². The molecular weight excluding hydrogens is 423 g/mol. The average molecular weight is 443 g/mol. The Bertz CT molecular complexity index is 1000. The van der Waals surface area contributed by atoms with Crippen LogP contribution in [0, 0.1) is 0 Å². The Morgan fingerprint density at radius 2 is 1.43 bits per heavy atom. The second-order valence-corrected chi connectivity index (χ2v) is 8.40. The topological polar surface area (TPSA) is 95.6 Å². The molecule has 0 heterocycles. The molecule has 2 aromatic carbocycles. The van der Waals surface area contributed by atoms with Gasteiger partial charge < -0.3 is 10.6 Å². The lowest BCUT2D eigenvalue weighted by Gasteiger charge is -2.18. The number of hydrogen-bond donors (Lipinski definition) is 2. The highest BCUT2D eigenvalue weighted by Crippen LogP contribution is 2.18. The van der Waals surface area contributed by atoms with E-state index in [1.54, 1.807) is 29.6 Å². The van der Waals surface area contributed by atoms with Crippen LogP contribution < -0.4 is 10.6 Å². The van der Waals surface area contributed by atoms with Crippen molar-refractivity contribution >= 4 is 21.8 Å². The summed E-state index contributed by atoms with van der Waals surface area (Å²) in [7, 11) is -1.04. The fraction of sp³-hybridized carbons (Fsp3) is 0.263. The SMILES string of the molecule is CNC(=O)c1ccc(CN(C)S(=O)(=O)c2ccc(C(=O)NCC(F)(F)F)cc2)cc1. The van der Waals surface area contributed by atoms with Crippen molar-refractivity contribution in [3.05, 3.63) is 65.2 Å². The van der Waals surface area contributed by atoms with Gasteiger partial charge in [0.05, 0.1) is 4.90 Å². The third-order valence-electron chi connectivity index (χ3n) is 4.12. The summed E-state index contributed by atoms with van der Waals surface area (Å²) in [4.78, 5) is 23.2. The van der Waals surface area contributed by atoms with Gasteiger partial charge in [0, 0.05) is 31.8 Å². The van der Waals surface area contributed by atoms with Crippen molar-refractivity contribution in [1.82, 2.24) is 14.9 Å².